The molecule has 0 aliphatic heterocycles. The van der Waals surface area contributed by atoms with E-state index in [-0.39, 0.29) is 0 Å². The van der Waals surface area contributed by atoms with Gasteiger partial charge in [-0.05, 0) is 77.7 Å². The Labute approximate surface area is 132 Å². The largest absolute Gasteiger partial charge is 0.456 e. The number of benzene rings is 2. The van der Waals surface area contributed by atoms with Gasteiger partial charge in [0, 0.05) is 5.02 Å². The normalized spacial score (nSPS) is 12.3. The van der Waals surface area contributed by atoms with Crippen molar-refractivity contribution in [3.8, 4) is 11.5 Å². The maximum atomic E-state index is 9.56. The van der Waals surface area contributed by atoms with Crippen molar-refractivity contribution in [1.29, 1.82) is 0 Å². The molecule has 0 saturated carbocycles. The van der Waals surface area contributed by atoms with Crippen LogP contribution in [0, 0.1) is 13.8 Å². The van der Waals surface area contributed by atoms with E-state index in [0.717, 1.165) is 31.9 Å². The summed E-state index contributed by atoms with van der Waals surface area (Å²) in [6.07, 6.45) is -0.500. The van der Waals surface area contributed by atoms with Crippen LogP contribution in [0.4, 0.5) is 0 Å². The van der Waals surface area contributed by atoms with Crippen LogP contribution in [-0.4, -0.2) is 5.11 Å². The Morgan fingerprint density at radius 2 is 1.75 bits per heavy atom. The van der Waals surface area contributed by atoms with Crippen LogP contribution in [0.1, 0.15) is 29.7 Å². The Hall–Kier alpha value is -1.03. The molecule has 2 aromatic carbocycles. The Morgan fingerprint density at radius 1 is 1.15 bits per heavy atom. The van der Waals surface area contributed by atoms with Gasteiger partial charge in [0.05, 0.1) is 10.6 Å². The van der Waals surface area contributed by atoms with E-state index in [0.29, 0.717) is 5.75 Å². The number of aliphatic hydroxyl groups excluding tert-OH is 1. The van der Waals surface area contributed by atoms with E-state index in [9.17, 15) is 5.11 Å². The molecule has 0 fully saturated rings. The Bertz CT molecular complexity index is 615. The summed E-state index contributed by atoms with van der Waals surface area (Å²) in [5.41, 5.74) is 2.81. The number of hydrogen-bond acceptors (Lipinski definition) is 2. The van der Waals surface area contributed by atoms with E-state index in [4.69, 9.17) is 16.3 Å². The number of ether oxygens (including phenoxy) is 1. The molecule has 0 aliphatic carbocycles. The molecule has 0 spiro atoms. The Balaban J connectivity index is 2.31. The molecular weight excluding hydrogens is 340 g/mol. The first-order valence-electron chi connectivity index (χ1n) is 6.30. The lowest BCUT2D eigenvalue weighted by Gasteiger charge is -2.12. The minimum atomic E-state index is -0.500. The van der Waals surface area contributed by atoms with Crippen molar-refractivity contribution in [2.75, 3.05) is 0 Å². The quantitative estimate of drug-likeness (QED) is 0.780. The molecule has 2 nitrogen and oxygen atoms in total. The van der Waals surface area contributed by atoms with Gasteiger partial charge in [-0.25, -0.2) is 0 Å². The van der Waals surface area contributed by atoms with E-state index < -0.39 is 6.10 Å². The van der Waals surface area contributed by atoms with Crippen LogP contribution in [0.25, 0.3) is 0 Å². The highest BCUT2D eigenvalue weighted by molar-refractivity contribution is 9.10. The van der Waals surface area contributed by atoms with Gasteiger partial charge in [-0.1, -0.05) is 17.7 Å². The topological polar surface area (TPSA) is 29.5 Å². The van der Waals surface area contributed by atoms with Crippen molar-refractivity contribution >= 4 is 27.5 Å². The summed E-state index contributed by atoms with van der Waals surface area (Å²) in [5.74, 6) is 1.45. The summed E-state index contributed by atoms with van der Waals surface area (Å²) < 4.78 is 6.68. The summed E-state index contributed by atoms with van der Waals surface area (Å²) in [7, 11) is 0. The van der Waals surface area contributed by atoms with Gasteiger partial charge in [-0.2, -0.15) is 0 Å². The second-order valence-electron chi connectivity index (χ2n) is 4.84. The van der Waals surface area contributed by atoms with Crippen LogP contribution < -0.4 is 4.74 Å². The van der Waals surface area contributed by atoms with Crippen molar-refractivity contribution in [2.24, 2.45) is 0 Å². The number of aliphatic hydroxyl groups is 1. The average Bonchev–Trinajstić information content (AvgIpc) is 2.38. The van der Waals surface area contributed by atoms with Gasteiger partial charge in [0.15, 0.2) is 0 Å². The zero-order valence-corrected chi connectivity index (χ0v) is 13.9. The lowest BCUT2D eigenvalue weighted by Crippen LogP contribution is -1.93. The zero-order chi connectivity index (χ0) is 14.9. The number of hydrogen-bond donors (Lipinski definition) is 1. The summed E-state index contributed by atoms with van der Waals surface area (Å²) in [6, 6.07) is 9.36. The highest BCUT2D eigenvalue weighted by atomic mass is 79.9. The molecule has 0 aliphatic rings. The standard InChI is InChI=1S/C16H16BrClO2/c1-9-6-13(7-10(2)16(9)18)20-15-5-4-12(11(3)19)8-14(15)17/h4-8,11,19H,1-3H3/t11-/m0/s1. The predicted octanol–water partition coefficient (Wildman–Crippen LogP) is 5.56. The molecule has 0 heterocycles. The fourth-order valence-corrected chi connectivity index (χ4v) is 2.54. The smallest absolute Gasteiger partial charge is 0.141 e. The van der Waals surface area contributed by atoms with Crippen molar-refractivity contribution in [1.82, 2.24) is 0 Å². The predicted molar refractivity (Wildman–Crippen MR) is 85.8 cm³/mol. The molecule has 106 valence electrons. The molecule has 0 bridgehead atoms. The van der Waals surface area contributed by atoms with Crippen LogP contribution in [0.15, 0.2) is 34.8 Å². The molecule has 0 unspecified atom stereocenters. The van der Waals surface area contributed by atoms with Crippen LogP contribution in [0.2, 0.25) is 5.02 Å². The molecule has 0 amide bonds. The average molecular weight is 356 g/mol. The number of halogens is 2. The van der Waals surface area contributed by atoms with Crippen LogP contribution in [0.3, 0.4) is 0 Å². The molecule has 2 rings (SSSR count). The SMILES string of the molecule is Cc1cc(Oc2ccc([C@H](C)O)cc2Br)cc(C)c1Cl. The summed E-state index contributed by atoms with van der Waals surface area (Å²) >= 11 is 9.61. The van der Waals surface area contributed by atoms with Gasteiger partial charge in [0.1, 0.15) is 11.5 Å². The minimum Gasteiger partial charge on any atom is -0.456 e. The van der Waals surface area contributed by atoms with Crippen molar-refractivity contribution in [3.63, 3.8) is 0 Å². The van der Waals surface area contributed by atoms with Crippen molar-refractivity contribution in [2.45, 2.75) is 26.9 Å². The Morgan fingerprint density at radius 3 is 2.25 bits per heavy atom. The molecule has 0 saturated heterocycles. The van der Waals surface area contributed by atoms with Crippen LogP contribution in [-0.2, 0) is 0 Å². The van der Waals surface area contributed by atoms with Gasteiger partial charge in [-0.15, -0.1) is 0 Å². The Kier molecular flexibility index (Phi) is 4.74. The molecule has 20 heavy (non-hydrogen) atoms. The van der Waals surface area contributed by atoms with Crippen LogP contribution in [0.5, 0.6) is 11.5 Å². The van der Waals surface area contributed by atoms with Gasteiger partial charge < -0.3 is 9.84 Å². The first-order valence-corrected chi connectivity index (χ1v) is 7.47. The van der Waals surface area contributed by atoms with E-state index in [1.807, 2.05) is 44.2 Å². The molecule has 2 aromatic rings. The third-order valence-electron chi connectivity index (χ3n) is 3.08. The first-order chi connectivity index (χ1) is 9.38. The maximum absolute atomic E-state index is 9.56. The third kappa shape index (κ3) is 3.35. The lowest BCUT2D eigenvalue weighted by atomic mass is 10.1. The molecular formula is C16H16BrClO2. The summed E-state index contributed by atoms with van der Waals surface area (Å²) in [6.45, 7) is 5.63. The first kappa shape index (κ1) is 15.4. The van der Waals surface area contributed by atoms with Gasteiger partial charge in [-0.3, -0.25) is 0 Å². The summed E-state index contributed by atoms with van der Waals surface area (Å²) in [4.78, 5) is 0. The highest BCUT2D eigenvalue weighted by Crippen LogP contribution is 2.34. The molecule has 0 radical (unpaired) electrons. The highest BCUT2D eigenvalue weighted by Gasteiger charge is 2.09. The fraction of sp³-hybridized carbons (Fsp3) is 0.250. The van der Waals surface area contributed by atoms with Gasteiger partial charge >= 0.3 is 0 Å². The molecule has 4 heteroatoms. The van der Waals surface area contributed by atoms with Gasteiger partial charge in [0.25, 0.3) is 0 Å². The lowest BCUT2D eigenvalue weighted by molar-refractivity contribution is 0.199. The molecule has 1 atom stereocenters. The second kappa shape index (κ2) is 6.17. The van der Waals surface area contributed by atoms with Crippen molar-refractivity contribution < 1.29 is 9.84 Å². The van der Waals surface area contributed by atoms with Crippen LogP contribution >= 0.6 is 27.5 Å². The number of rotatable bonds is 3. The monoisotopic (exact) mass is 354 g/mol. The van der Waals surface area contributed by atoms with Gasteiger partial charge in [0.2, 0.25) is 0 Å². The molecule has 1 N–H and O–H groups in total. The van der Waals surface area contributed by atoms with Crippen molar-refractivity contribution in [3.05, 3.63) is 56.5 Å². The molecule has 0 aromatic heterocycles. The maximum Gasteiger partial charge on any atom is 0.141 e. The fourth-order valence-electron chi connectivity index (χ4n) is 1.95. The van der Waals surface area contributed by atoms with E-state index in [1.54, 1.807) is 6.92 Å². The van der Waals surface area contributed by atoms with E-state index >= 15 is 0 Å². The van der Waals surface area contributed by atoms with E-state index in [1.165, 1.54) is 0 Å². The number of aryl methyl sites for hydroxylation is 2. The zero-order valence-electron chi connectivity index (χ0n) is 11.6. The summed E-state index contributed by atoms with van der Waals surface area (Å²) in [5, 5.41) is 10.3. The third-order valence-corrected chi connectivity index (χ3v) is 4.29. The minimum absolute atomic E-state index is 0.500. The second-order valence-corrected chi connectivity index (χ2v) is 6.07. The van der Waals surface area contributed by atoms with E-state index in [2.05, 4.69) is 15.9 Å².